The number of halogens is 1. The number of nitrogens with one attached hydrogen (secondary N) is 2. The van der Waals surface area contributed by atoms with Crippen molar-refractivity contribution in [3.63, 3.8) is 0 Å². The highest BCUT2D eigenvalue weighted by Crippen LogP contribution is 2.38. The topological polar surface area (TPSA) is 99.6 Å². The van der Waals surface area contributed by atoms with Gasteiger partial charge in [-0.05, 0) is 74.2 Å². The van der Waals surface area contributed by atoms with Crippen LogP contribution in [-0.4, -0.2) is 61.5 Å². The number of aromatic nitrogens is 2. The Balaban J connectivity index is 1.38. The van der Waals surface area contributed by atoms with Crippen LogP contribution in [0.1, 0.15) is 41.5 Å². The van der Waals surface area contributed by atoms with E-state index in [1.54, 1.807) is 25.2 Å². The average Bonchev–Trinajstić information content (AvgIpc) is 3.53. The highest BCUT2D eigenvalue weighted by atomic mass is 32.2. The standard InChI is InChI=1S/C23H31FN6O3S/c1-28-12-17(24)10-18(28)14-30(19-11-25-29(2)13-19)34(32,33)27-23(31)26-22-20-7-3-5-15(20)9-16-6-4-8-21(16)22/h9,11,13,17-18H,3-8,10,12,14H2,1-2H3,(H2,26,27,31)/t17-,18+/m0/s1. The zero-order valence-corrected chi connectivity index (χ0v) is 20.4. The first-order valence-corrected chi connectivity index (χ1v) is 13.3. The maximum Gasteiger partial charge on any atom is 0.334 e. The number of anilines is 2. The van der Waals surface area contributed by atoms with E-state index in [0.717, 1.165) is 59.6 Å². The number of fused-ring (bicyclic) bond motifs is 2. The van der Waals surface area contributed by atoms with E-state index in [1.165, 1.54) is 22.0 Å². The molecule has 2 N–H and O–H groups in total. The van der Waals surface area contributed by atoms with Crippen molar-refractivity contribution in [3.05, 3.63) is 40.7 Å². The van der Waals surface area contributed by atoms with Crippen LogP contribution in [0.3, 0.4) is 0 Å². The van der Waals surface area contributed by atoms with Crippen LogP contribution in [-0.2, 0) is 42.9 Å². The van der Waals surface area contributed by atoms with Gasteiger partial charge in [-0.25, -0.2) is 18.2 Å². The molecule has 2 heterocycles. The number of aryl methyl sites for hydroxylation is 3. The fraction of sp³-hybridized carbons (Fsp3) is 0.565. The number of likely N-dealkylation sites (N-methyl/N-ethyl adjacent to an activating group) is 1. The van der Waals surface area contributed by atoms with Crippen LogP contribution in [0.4, 0.5) is 20.6 Å². The Kier molecular flexibility index (Phi) is 6.01. The van der Waals surface area contributed by atoms with Crippen LogP contribution in [0.15, 0.2) is 18.5 Å². The zero-order valence-electron chi connectivity index (χ0n) is 19.6. The van der Waals surface area contributed by atoms with E-state index in [1.807, 2.05) is 0 Å². The summed E-state index contributed by atoms with van der Waals surface area (Å²) in [4.78, 5) is 14.8. The zero-order chi connectivity index (χ0) is 24.0. The molecule has 1 aromatic carbocycles. The lowest BCUT2D eigenvalue weighted by Gasteiger charge is -2.28. The minimum Gasteiger partial charge on any atom is -0.307 e. The molecule has 34 heavy (non-hydrogen) atoms. The molecule has 184 valence electrons. The number of hydrogen-bond donors (Lipinski definition) is 2. The van der Waals surface area contributed by atoms with Crippen molar-refractivity contribution in [2.45, 2.75) is 57.2 Å². The Labute approximate surface area is 199 Å². The first-order valence-electron chi connectivity index (χ1n) is 11.8. The Morgan fingerprint density at radius 2 is 1.85 bits per heavy atom. The number of hydrogen-bond acceptors (Lipinski definition) is 5. The summed E-state index contributed by atoms with van der Waals surface area (Å²) in [7, 11) is -0.812. The van der Waals surface area contributed by atoms with Crippen LogP contribution >= 0.6 is 0 Å². The number of amides is 2. The molecule has 2 aliphatic carbocycles. The molecule has 2 aromatic rings. The fourth-order valence-electron chi connectivity index (χ4n) is 5.57. The number of rotatable bonds is 6. The van der Waals surface area contributed by atoms with Crippen molar-refractivity contribution < 1.29 is 17.6 Å². The molecule has 1 saturated heterocycles. The second-order valence-corrected chi connectivity index (χ2v) is 11.2. The third kappa shape index (κ3) is 4.38. The van der Waals surface area contributed by atoms with E-state index < -0.39 is 22.4 Å². The molecule has 5 rings (SSSR count). The first-order chi connectivity index (χ1) is 16.2. The van der Waals surface area contributed by atoms with Gasteiger partial charge in [-0.1, -0.05) is 6.07 Å². The molecule has 0 radical (unpaired) electrons. The molecular formula is C23H31FN6O3S. The third-order valence-electron chi connectivity index (χ3n) is 7.22. The van der Waals surface area contributed by atoms with Crippen LogP contribution in [0.2, 0.25) is 0 Å². The van der Waals surface area contributed by atoms with Gasteiger partial charge in [-0.15, -0.1) is 0 Å². The molecule has 0 unspecified atom stereocenters. The van der Waals surface area contributed by atoms with E-state index in [0.29, 0.717) is 5.69 Å². The molecule has 11 heteroatoms. The number of benzene rings is 1. The summed E-state index contributed by atoms with van der Waals surface area (Å²) in [6.45, 7) is 0.269. The lowest BCUT2D eigenvalue weighted by molar-refractivity contribution is 0.256. The van der Waals surface area contributed by atoms with Crippen LogP contribution in [0, 0.1) is 0 Å². The van der Waals surface area contributed by atoms with E-state index in [9.17, 15) is 17.6 Å². The summed E-state index contributed by atoms with van der Waals surface area (Å²) >= 11 is 0. The Bertz CT molecular complexity index is 1180. The molecule has 1 aromatic heterocycles. The largest absolute Gasteiger partial charge is 0.334 e. The number of alkyl halides is 1. The van der Waals surface area contributed by atoms with Gasteiger partial charge in [0.2, 0.25) is 0 Å². The number of urea groups is 1. The summed E-state index contributed by atoms with van der Waals surface area (Å²) in [6, 6.07) is 1.16. The average molecular weight is 491 g/mol. The molecule has 3 aliphatic rings. The highest BCUT2D eigenvalue weighted by Gasteiger charge is 2.35. The van der Waals surface area contributed by atoms with E-state index in [4.69, 9.17) is 0 Å². The Hall–Kier alpha value is -2.66. The van der Waals surface area contributed by atoms with Crippen molar-refractivity contribution in [1.29, 1.82) is 0 Å². The molecule has 2 atom stereocenters. The minimum atomic E-state index is -4.27. The SMILES string of the molecule is CN1C[C@@H](F)C[C@@H]1CN(c1cnn(C)c1)S(=O)(=O)NC(=O)Nc1c2c(cc3c1CCC3)CCC2. The van der Waals surface area contributed by atoms with Gasteiger partial charge in [-0.2, -0.15) is 13.5 Å². The van der Waals surface area contributed by atoms with E-state index in [-0.39, 0.29) is 25.6 Å². The fourth-order valence-corrected chi connectivity index (χ4v) is 6.71. The quantitative estimate of drug-likeness (QED) is 0.648. The van der Waals surface area contributed by atoms with Crippen LogP contribution in [0.25, 0.3) is 0 Å². The van der Waals surface area contributed by atoms with E-state index >= 15 is 0 Å². The number of likely N-dealkylation sites (tertiary alicyclic amines) is 1. The Morgan fingerprint density at radius 1 is 1.18 bits per heavy atom. The van der Waals surface area contributed by atoms with Gasteiger partial charge in [0.05, 0.1) is 18.4 Å². The third-order valence-corrected chi connectivity index (χ3v) is 8.60. The Morgan fingerprint density at radius 3 is 2.41 bits per heavy atom. The normalized spacial score (nSPS) is 22.0. The smallest absolute Gasteiger partial charge is 0.307 e. The van der Waals surface area contributed by atoms with Gasteiger partial charge in [0, 0.05) is 31.5 Å². The van der Waals surface area contributed by atoms with Gasteiger partial charge >= 0.3 is 16.2 Å². The molecule has 1 fully saturated rings. The van der Waals surface area contributed by atoms with Crippen molar-refractivity contribution in [3.8, 4) is 0 Å². The lowest BCUT2D eigenvalue weighted by atomic mass is 9.99. The molecule has 0 spiro atoms. The minimum absolute atomic E-state index is 0.0152. The van der Waals surface area contributed by atoms with Gasteiger partial charge in [0.25, 0.3) is 0 Å². The summed E-state index contributed by atoms with van der Waals surface area (Å²) in [5.74, 6) is 0. The molecule has 0 bridgehead atoms. The maximum atomic E-state index is 13.9. The van der Waals surface area contributed by atoms with Crippen molar-refractivity contribution in [2.24, 2.45) is 7.05 Å². The number of carbonyl (C=O) groups excluding carboxylic acids is 1. The van der Waals surface area contributed by atoms with Crippen molar-refractivity contribution in [1.82, 2.24) is 19.4 Å². The summed E-state index contributed by atoms with van der Waals surface area (Å²) in [6.07, 6.45) is 8.01. The predicted molar refractivity (Wildman–Crippen MR) is 128 cm³/mol. The molecule has 2 amide bonds. The summed E-state index contributed by atoms with van der Waals surface area (Å²) in [5, 5.41) is 6.95. The summed E-state index contributed by atoms with van der Waals surface area (Å²) in [5.41, 5.74) is 5.85. The van der Waals surface area contributed by atoms with Gasteiger partial charge in [0.15, 0.2) is 0 Å². The van der Waals surface area contributed by atoms with Gasteiger partial charge in [0.1, 0.15) is 6.17 Å². The summed E-state index contributed by atoms with van der Waals surface area (Å²) < 4.78 is 45.5. The van der Waals surface area contributed by atoms with Crippen molar-refractivity contribution >= 4 is 27.6 Å². The van der Waals surface area contributed by atoms with Gasteiger partial charge < -0.3 is 5.32 Å². The molecular weight excluding hydrogens is 459 g/mol. The molecule has 9 nitrogen and oxygen atoms in total. The lowest BCUT2D eigenvalue weighted by Crippen LogP contribution is -2.49. The highest BCUT2D eigenvalue weighted by molar-refractivity contribution is 7.91. The van der Waals surface area contributed by atoms with Crippen LogP contribution < -0.4 is 14.3 Å². The molecule has 0 saturated carbocycles. The number of carbonyl (C=O) groups is 1. The van der Waals surface area contributed by atoms with Crippen LogP contribution in [0.5, 0.6) is 0 Å². The molecule has 1 aliphatic heterocycles. The van der Waals surface area contributed by atoms with Crippen molar-refractivity contribution in [2.75, 3.05) is 29.8 Å². The first kappa shape index (κ1) is 23.1. The predicted octanol–water partition coefficient (Wildman–Crippen LogP) is 2.31. The number of nitrogens with zero attached hydrogens (tertiary/aromatic N) is 4. The van der Waals surface area contributed by atoms with E-state index in [2.05, 4.69) is 21.2 Å². The maximum absolute atomic E-state index is 13.9. The van der Waals surface area contributed by atoms with Gasteiger partial charge in [-0.3, -0.25) is 9.58 Å². The monoisotopic (exact) mass is 490 g/mol. The second-order valence-electron chi connectivity index (χ2n) is 9.62. The second kappa shape index (κ2) is 8.84.